The summed E-state index contributed by atoms with van der Waals surface area (Å²) in [6.07, 6.45) is 1.56. The highest BCUT2D eigenvalue weighted by atomic mass is 16.5. The Bertz CT molecular complexity index is 922. The number of ether oxygens (including phenoxy) is 1. The third-order valence-corrected chi connectivity index (χ3v) is 3.28. The summed E-state index contributed by atoms with van der Waals surface area (Å²) >= 11 is 0. The van der Waals surface area contributed by atoms with E-state index in [4.69, 9.17) is 10.00 Å². The van der Waals surface area contributed by atoms with Crippen molar-refractivity contribution < 1.29 is 14.6 Å². The Kier molecular flexibility index (Phi) is 3.24. The van der Waals surface area contributed by atoms with Crippen molar-refractivity contribution in [2.45, 2.75) is 0 Å². The van der Waals surface area contributed by atoms with Crippen LogP contribution in [0, 0.1) is 11.3 Å². The number of esters is 1. The van der Waals surface area contributed by atoms with E-state index in [1.165, 1.54) is 18.2 Å². The van der Waals surface area contributed by atoms with E-state index in [9.17, 15) is 9.90 Å². The summed E-state index contributed by atoms with van der Waals surface area (Å²) in [7, 11) is 1.73. The summed E-state index contributed by atoms with van der Waals surface area (Å²) in [5.74, 6) is -0.625. The van der Waals surface area contributed by atoms with Crippen LogP contribution in [-0.4, -0.2) is 20.9 Å². The molecule has 6 nitrogen and oxygen atoms in total. The molecule has 0 fully saturated rings. The van der Waals surface area contributed by atoms with E-state index in [2.05, 4.69) is 5.10 Å². The molecule has 0 bridgehead atoms. The van der Waals surface area contributed by atoms with Crippen LogP contribution in [0.5, 0.6) is 11.5 Å². The van der Waals surface area contributed by atoms with E-state index in [-0.39, 0.29) is 17.1 Å². The summed E-state index contributed by atoms with van der Waals surface area (Å²) in [5.41, 5.74) is 1.09. The number of aryl methyl sites for hydroxylation is 1. The van der Waals surface area contributed by atoms with Crippen LogP contribution in [-0.2, 0) is 7.05 Å². The summed E-state index contributed by atoms with van der Waals surface area (Å²) in [6, 6.07) is 11.3. The number of hydrogen-bond acceptors (Lipinski definition) is 5. The van der Waals surface area contributed by atoms with Gasteiger partial charge in [0.15, 0.2) is 0 Å². The first-order valence-corrected chi connectivity index (χ1v) is 6.46. The molecule has 0 atom stereocenters. The second-order valence-corrected chi connectivity index (χ2v) is 4.69. The molecule has 0 aliphatic heterocycles. The minimum atomic E-state index is -0.696. The Hall–Kier alpha value is -3.33. The van der Waals surface area contributed by atoms with Crippen LogP contribution in [0.15, 0.2) is 42.6 Å². The van der Waals surface area contributed by atoms with Crippen LogP contribution in [0.3, 0.4) is 0 Å². The second-order valence-electron chi connectivity index (χ2n) is 4.69. The fraction of sp³-hybridized carbons (Fsp3) is 0.0625. The molecule has 0 radical (unpaired) electrons. The molecule has 0 saturated carbocycles. The number of fused-ring (bicyclic) bond motifs is 1. The molecule has 3 aromatic rings. The number of carbonyl (C=O) groups is 1. The van der Waals surface area contributed by atoms with Crippen LogP contribution < -0.4 is 4.74 Å². The smallest absolute Gasteiger partial charge is 0.347 e. The van der Waals surface area contributed by atoms with E-state index < -0.39 is 5.97 Å². The van der Waals surface area contributed by atoms with Crippen molar-refractivity contribution in [2.24, 2.45) is 7.05 Å². The lowest BCUT2D eigenvalue weighted by molar-refractivity contribution is 0.0734. The van der Waals surface area contributed by atoms with Gasteiger partial charge in [0.25, 0.3) is 0 Å². The van der Waals surface area contributed by atoms with Gasteiger partial charge in [0.2, 0.25) is 0 Å². The standard InChI is InChI=1S/C16H11N3O3/c1-19-13-6-10(8-17)7-15(12(13)9-18-19)22-16(21)11-4-2-3-5-14(11)20/h2-7,9,20H,1H3. The number of phenols is 1. The fourth-order valence-electron chi connectivity index (χ4n) is 2.17. The Labute approximate surface area is 125 Å². The molecule has 0 unspecified atom stereocenters. The topological polar surface area (TPSA) is 88.1 Å². The van der Waals surface area contributed by atoms with Gasteiger partial charge in [-0.25, -0.2) is 4.79 Å². The fourth-order valence-corrected chi connectivity index (χ4v) is 2.17. The van der Waals surface area contributed by atoms with Crippen LogP contribution in [0.4, 0.5) is 0 Å². The van der Waals surface area contributed by atoms with Gasteiger partial charge in [-0.1, -0.05) is 12.1 Å². The first-order chi connectivity index (χ1) is 10.6. The molecule has 0 saturated heterocycles. The van der Waals surface area contributed by atoms with Gasteiger partial charge in [0, 0.05) is 7.05 Å². The highest BCUT2D eigenvalue weighted by Gasteiger charge is 2.16. The largest absolute Gasteiger partial charge is 0.507 e. The SMILES string of the molecule is Cn1ncc2c(OC(=O)c3ccccc3O)cc(C#N)cc21. The lowest BCUT2D eigenvalue weighted by Crippen LogP contribution is -2.09. The normalized spacial score (nSPS) is 10.4. The highest BCUT2D eigenvalue weighted by Crippen LogP contribution is 2.28. The summed E-state index contributed by atoms with van der Waals surface area (Å²) in [4.78, 5) is 12.2. The van der Waals surface area contributed by atoms with Gasteiger partial charge in [-0.2, -0.15) is 10.4 Å². The third-order valence-electron chi connectivity index (χ3n) is 3.28. The molecular weight excluding hydrogens is 282 g/mol. The molecule has 1 aromatic heterocycles. The molecule has 108 valence electrons. The summed E-state index contributed by atoms with van der Waals surface area (Å²) in [5, 5.41) is 23.5. The second kappa shape index (κ2) is 5.22. The number of nitrogens with zero attached hydrogens (tertiary/aromatic N) is 3. The Morgan fingerprint density at radius 3 is 2.86 bits per heavy atom. The van der Waals surface area contributed by atoms with E-state index in [1.807, 2.05) is 6.07 Å². The van der Waals surface area contributed by atoms with Crippen molar-refractivity contribution in [2.75, 3.05) is 0 Å². The monoisotopic (exact) mass is 293 g/mol. The molecule has 0 amide bonds. The van der Waals surface area contributed by atoms with Crippen molar-refractivity contribution in [1.82, 2.24) is 9.78 Å². The van der Waals surface area contributed by atoms with Crippen molar-refractivity contribution in [3.63, 3.8) is 0 Å². The molecule has 6 heteroatoms. The lowest BCUT2D eigenvalue weighted by atomic mass is 10.1. The molecule has 1 N–H and O–H groups in total. The lowest BCUT2D eigenvalue weighted by Gasteiger charge is -2.07. The predicted molar refractivity (Wildman–Crippen MR) is 78.5 cm³/mol. The zero-order valence-electron chi connectivity index (χ0n) is 11.6. The minimum absolute atomic E-state index is 0.0573. The van der Waals surface area contributed by atoms with Crippen molar-refractivity contribution >= 4 is 16.9 Å². The van der Waals surface area contributed by atoms with Crippen LogP contribution in [0.2, 0.25) is 0 Å². The average Bonchev–Trinajstić information content (AvgIpc) is 2.89. The molecule has 1 heterocycles. The first kappa shape index (κ1) is 13.6. The molecule has 0 aliphatic carbocycles. The third kappa shape index (κ3) is 2.25. The van der Waals surface area contributed by atoms with Crippen LogP contribution >= 0.6 is 0 Å². The first-order valence-electron chi connectivity index (χ1n) is 6.46. The maximum absolute atomic E-state index is 12.2. The van der Waals surface area contributed by atoms with Gasteiger partial charge < -0.3 is 9.84 Å². The molecule has 3 rings (SSSR count). The van der Waals surface area contributed by atoms with Gasteiger partial charge >= 0.3 is 5.97 Å². The number of para-hydroxylation sites is 1. The number of benzene rings is 2. The predicted octanol–water partition coefficient (Wildman–Crippen LogP) is 2.37. The van der Waals surface area contributed by atoms with Crippen molar-refractivity contribution in [1.29, 1.82) is 5.26 Å². The Morgan fingerprint density at radius 1 is 1.36 bits per heavy atom. The zero-order valence-corrected chi connectivity index (χ0v) is 11.6. The van der Waals surface area contributed by atoms with Crippen molar-refractivity contribution in [3.8, 4) is 17.6 Å². The number of aromatic nitrogens is 2. The average molecular weight is 293 g/mol. The highest BCUT2D eigenvalue weighted by molar-refractivity contribution is 5.96. The number of nitriles is 1. The number of aromatic hydroxyl groups is 1. The van der Waals surface area contributed by atoms with Gasteiger partial charge in [-0.05, 0) is 24.3 Å². The molecule has 0 spiro atoms. The van der Waals surface area contributed by atoms with Gasteiger partial charge in [0.05, 0.1) is 28.7 Å². The number of phenolic OH excluding ortho intramolecular Hbond substituents is 1. The summed E-state index contributed by atoms with van der Waals surface area (Å²) in [6.45, 7) is 0. The molecular formula is C16H11N3O3. The van der Waals surface area contributed by atoms with E-state index in [0.29, 0.717) is 16.5 Å². The van der Waals surface area contributed by atoms with E-state index >= 15 is 0 Å². The maximum Gasteiger partial charge on any atom is 0.347 e. The van der Waals surface area contributed by atoms with E-state index in [1.54, 1.807) is 36.1 Å². The van der Waals surface area contributed by atoms with Gasteiger partial charge in [0.1, 0.15) is 17.1 Å². The van der Waals surface area contributed by atoms with E-state index in [0.717, 1.165) is 0 Å². The maximum atomic E-state index is 12.2. The number of carbonyl (C=O) groups excluding carboxylic acids is 1. The zero-order chi connectivity index (χ0) is 15.7. The molecule has 0 aliphatic rings. The minimum Gasteiger partial charge on any atom is -0.507 e. The summed E-state index contributed by atoms with van der Waals surface area (Å²) < 4.78 is 6.94. The van der Waals surface area contributed by atoms with Gasteiger partial charge in [-0.3, -0.25) is 4.68 Å². The number of hydrogen-bond donors (Lipinski definition) is 1. The Balaban J connectivity index is 2.06. The van der Waals surface area contributed by atoms with Crippen LogP contribution in [0.25, 0.3) is 10.9 Å². The van der Waals surface area contributed by atoms with Crippen LogP contribution in [0.1, 0.15) is 15.9 Å². The quantitative estimate of drug-likeness (QED) is 0.579. The van der Waals surface area contributed by atoms with Crippen molar-refractivity contribution in [3.05, 3.63) is 53.7 Å². The van der Waals surface area contributed by atoms with Gasteiger partial charge in [-0.15, -0.1) is 0 Å². The Morgan fingerprint density at radius 2 is 2.14 bits per heavy atom. The number of rotatable bonds is 2. The molecule has 22 heavy (non-hydrogen) atoms. The molecule has 2 aromatic carbocycles.